The number of sulfonamides is 1. The Bertz CT molecular complexity index is 1180. The van der Waals surface area contributed by atoms with Crippen LogP contribution in [0.25, 0.3) is 0 Å². The number of aliphatic carboxylic acids is 1. The zero-order valence-corrected chi connectivity index (χ0v) is 17.2. The van der Waals surface area contributed by atoms with Crippen LogP contribution >= 0.6 is 11.6 Å². The molecule has 0 saturated heterocycles. The second kappa shape index (κ2) is 7.75. The highest BCUT2D eigenvalue weighted by atomic mass is 35.5. The van der Waals surface area contributed by atoms with Crippen LogP contribution in [0.3, 0.4) is 0 Å². The maximum Gasteiger partial charge on any atom is 0.325 e. The third-order valence-electron chi connectivity index (χ3n) is 5.03. The predicted molar refractivity (Wildman–Crippen MR) is 112 cm³/mol. The van der Waals surface area contributed by atoms with Gasteiger partial charge < -0.3 is 9.84 Å². The summed E-state index contributed by atoms with van der Waals surface area (Å²) in [4.78, 5) is 11.9. The van der Waals surface area contributed by atoms with Gasteiger partial charge in [-0.05, 0) is 48.4 Å². The van der Waals surface area contributed by atoms with E-state index in [0.717, 1.165) is 5.56 Å². The molecule has 8 heteroatoms. The summed E-state index contributed by atoms with van der Waals surface area (Å²) in [6, 6.07) is 21.6. The van der Waals surface area contributed by atoms with Gasteiger partial charge in [-0.3, -0.25) is 4.79 Å². The first-order chi connectivity index (χ1) is 14.3. The van der Waals surface area contributed by atoms with Gasteiger partial charge in [0.1, 0.15) is 17.0 Å². The molecule has 0 heterocycles. The molecule has 2 atom stereocenters. The quantitative estimate of drug-likeness (QED) is 0.563. The minimum Gasteiger partial charge on any atom is -0.480 e. The van der Waals surface area contributed by atoms with Crippen LogP contribution in [-0.4, -0.2) is 25.0 Å². The normalized spacial score (nSPS) is 20.5. The molecule has 1 aliphatic carbocycles. The molecule has 30 heavy (non-hydrogen) atoms. The van der Waals surface area contributed by atoms with Gasteiger partial charge in [-0.15, -0.1) is 0 Å². The average molecular weight is 444 g/mol. The highest BCUT2D eigenvalue weighted by molar-refractivity contribution is 7.89. The molecule has 0 aliphatic heterocycles. The smallest absolute Gasteiger partial charge is 0.325 e. The Hall–Kier alpha value is -2.87. The van der Waals surface area contributed by atoms with Crippen molar-refractivity contribution in [2.45, 2.75) is 22.8 Å². The minimum absolute atomic E-state index is 0.0756. The van der Waals surface area contributed by atoms with E-state index >= 15 is 0 Å². The lowest BCUT2D eigenvalue weighted by Crippen LogP contribution is -2.44. The summed E-state index contributed by atoms with van der Waals surface area (Å²) in [6.45, 7) is 0. The van der Waals surface area contributed by atoms with Gasteiger partial charge in [0.05, 0.1) is 4.90 Å². The number of benzene rings is 3. The topological polar surface area (TPSA) is 92.7 Å². The number of carbonyl (C=O) groups is 1. The fraction of sp³-hybridized carbons (Fsp3) is 0.136. The number of carboxylic acids is 1. The Labute approximate surface area is 179 Å². The van der Waals surface area contributed by atoms with E-state index in [1.54, 1.807) is 54.6 Å². The van der Waals surface area contributed by atoms with Crippen LogP contribution in [0.4, 0.5) is 0 Å². The lowest BCUT2D eigenvalue weighted by molar-refractivity contribution is -0.140. The van der Waals surface area contributed by atoms with Crippen LogP contribution in [0, 0.1) is 0 Å². The van der Waals surface area contributed by atoms with Crippen LogP contribution in [-0.2, 0) is 14.8 Å². The third-order valence-corrected chi connectivity index (χ3v) is 6.79. The highest BCUT2D eigenvalue weighted by Gasteiger charge is 2.63. The fourth-order valence-corrected chi connectivity index (χ4v) is 4.95. The Balaban J connectivity index is 1.57. The fourth-order valence-electron chi connectivity index (χ4n) is 3.39. The molecule has 6 nitrogen and oxygen atoms in total. The summed E-state index contributed by atoms with van der Waals surface area (Å²) in [7, 11) is -4.09. The van der Waals surface area contributed by atoms with E-state index in [4.69, 9.17) is 16.3 Å². The molecule has 0 radical (unpaired) electrons. The van der Waals surface area contributed by atoms with E-state index < -0.39 is 27.4 Å². The van der Waals surface area contributed by atoms with Gasteiger partial charge in [-0.1, -0.05) is 48.0 Å². The number of hydrogen-bond acceptors (Lipinski definition) is 4. The van der Waals surface area contributed by atoms with Crippen molar-refractivity contribution in [3.63, 3.8) is 0 Å². The van der Waals surface area contributed by atoms with E-state index in [9.17, 15) is 18.3 Å². The minimum atomic E-state index is -4.09. The van der Waals surface area contributed by atoms with Crippen LogP contribution in [0.15, 0.2) is 83.8 Å². The number of nitrogens with one attached hydrogen (secondary N) is 1. The average Bonchev–Trinajstić information content (AvgIpc) is 3.45. The van der Waals surface area contributed by atoms with Crippen molar-refractivity contribution >= 4 is 27.6 Å². The summed E-state index contributed by atoms with van der Waals surface area (Å²) >= 11 is 5.86. The molecule has 0 unspecified atom stereocenters. The van der Waals surface area contributed by atoms with Gasteiger partial charge in [0, 0.05) is 17.0 Å². The predicted octanol–water partition coefficient (Wildman–Crippen LogP) is 4.42. The van der Waals surface area contributed by atoms with Crippen molar-refractivity contribution in [2.24, 2.45) is 0 Å². The first-order valence-corrected chi connectivity index (χ1v) is 11.0. The van der Waals surface area contributed by atoms with Gasteiger partial charge in [0.25, 0.3) is 0 Å². The van der Waals surface area contributed by atoms with E-state index in [1.165, 1.54) is 18.2 Å². The van der Waals surface area contributed by atoms with Crippen LogP contribution in [0.2, 0.25) is 5.02 Å². The summed E-state index contributed by atoms with van der Waals surface area (Å²) in [5.74, 6) is -0.830. The van der Waals surface area contributed by atoms with Crippen molar-refractivity contribution in [3.8, 4) is 11.5 Å². The zero-order valence-electron chi connectivity index (χ0n) is 15.7. The Morgan fingerprint density at radius 1 is 1.00 bits per heavy atom. The molecule has 2 N–H and O–H groups in total. The maximum atomic E-state index is 13.0. The van der Waals surface area contributed by atoms with E-state index in [2.05, 4.69) is 4.72 Å². The monoisotopic (exact) mass is 443 g/mol. The van der Waals surface area contributed by atoms with Gasteiger partial charge in [-0.2, -0.15) is 4.72 Å². The largest absolute Gasteiger partial charge is 0.480 e. The number of hydrogen-bond donors (Lipinski definition) is 2. The second-order valence-corrected chi connectivity index (χ2v) is 9.20. The van der Waals surface area contributed by atoms with Crippen molar-refractivity contribution in [1.82, 2.24) is 4.72 Å². The number of halogens is 1. The molecule has 0 amide bonds. The Morgan fingerprint density at radius 3 is 2.37 bits per heavy atom. The summed E-state index contributed by atoms with van der Waals surface area (Å²) in [5.41, 5.74) is -0.782. The molecule has 0 bridgehead atoms. The van der Waals surface area contributed by atoms with E-state index in [-0.39, 0.29) is 11.3 Å². The molecule has 3 aromatic rings. The summed E-state index contributed by atoms with van der Waals surface area (Å²) < 4.78 is 34.0. The van der Waals surface area contributed by atoms with Crippen molar-refractivity contribution in [2.75, 3.05) is 0 Å². The van der Waals surface area contributed by atoms with E-state index in [1.807, 2.05) is 6.07 Å². The molecular weight excluding hydrogens is 426 g/mol. The molecule has 1 fully saturated rings. The van der Waals surface area contributed by atoms with Gasteiger partial charge in [-0.25, -0.2) is 8.42 Å². The first-order valence-electron chi connectivity index (χ1n) is 9.16. The van der Waals surface area contributed by atoms with Crippen LogP contribution < -0.4 is 9.46 Å². The lowest BCUT2D eigenvalue weighted by Gasteiger charge is -2.16. The molecule has 1 aliphatic rings. The van der Waals surface area contributed by atoms with Crippen LogP contribution in [0.5, 0.6) is 11.5 Å². The van der Waals surface area contributed by atoms with Gasteiger partial charge in [0.2, 0.25) is 10.0 Å². The molecule has 154 valence electrons. The maximum absolute atomic E-state index is 13.0. The highest BCUT2D eigenvalue weighted by Crippen LogP contribution is 2.52. The zero-order chi connectivity index (χ0) is 21.4. The Morgan fingerprint density at radius 2 is 1.70 bits per heavy atom. The summed E-state index contributed by atoms with van der Waals surface area (Å²) in [5, 5.41) is 10.3. The first kappa shape index (κ1) is 20.4. The van der Waals surface area contributed by atoms with Gasteiger partial charge in [0.15, 0.2) is 0 Å². The third kappa shape index (κ3) is 4.05. The van der Waals surface area contributed by atoms with Gasteiger partial charge >= 0.3 is 5.97 Å². The van der Waals surface area contributed by atoms with E-state index in [0.29, 0.717) is 16.5 Å². The molecule has 0 aromatic heterocycles. The summed E-state index contributed by atoms with van der Waals surface area (Å²) in [6.07, 6.45) is 0.187. The number of carboxylic acid groups (broad SMARTS) is 1. The Kier molecular flexibility index (Phi) is 5.27. The lowest BCUT2D eigenvalue weighted by atomic mass is 10.1. The molecule has 1 saturated carbocycles. The SMILES string of the molecule is O=C(O)[C@@]1(NS(=O)(=O)c2cccc(Oc3ccc(Cl)cc3)c2)C[C@H]1c1ccccc1. The molecule has 0 spiro atoms. The standard InChI is InChI=1S/C22H18ClNO5S/c23-16-9-11-17(12-10-16)29-18-7-4-8-19(13-18)30(27,28)24-22(21(25)26)14-20(22)15-5-2-1-3-6-15/h1-13,20,24H,14H2,(H,25,26)/t20-,22+/m0/s1. The van der Waals surface area contributed by atoms with Crippen molar-refractivity contribution in [1.29, 1.82) is 0 Å². The molecule has 3 aromatic carbocycles. The van der Waals surface area contributed by atoms with Crippen LogP contribution in [0.1, 0.15) is 17.9 Å². The van der Waals surface area contributed by atoms with Crippen molar-refractivity contribution < 1.29 is 23.1 Å². The van der Waals surface area contributed by atoms with Crippen molar-refractivity contribution in [3.05, 3.63) is 89.4 Å². The second-order valence-electron chi connectivity index (χ2n) is 7.08. The molecule has 4 rings (SSSR count). The number of ether oxygens (including phenoxy) is 1. The number of rotatable bonds is 7. The molecular formula is C22H18ClNO5S.